The Bertz CT molecular complexity index is 886. The van der Waals surface area contributed by atoms with E-state index >= 15 is 0 Å². The van der Waals surface area contributed by atoms with Crippen LogP contribution in [0, 0.1) is 10.1 Å². The highest BCUT2D eigenvalue weighted by Gasteiger charge is 2.22. The molecule has 1 aliphatic heterocycles. The highest BCUT2D eigenvalue weighted by atomic mass is 35.5. The van der Waals surface area contributed by atoms with E-state index in [0.717, 1.165) is 6.21 Å². The summed E-state index contributed by atoms with van der Waals surface area (Å²) in [5.74, 6) is 0.549. The zero-order chi connectivity index (χ0) is 18.5. The van der Waals surface area contributed by atoms with Crippen LogP contribution in [0.5, 0.6) is 17.2 Å². The minimum Gasteiger partial charge on any atom is -0.484 e. The van der Waals surface area contributed by atoms with E-state index in [4.69, 9.17) is 25.8 Å². The number of nitrogens with one attached hydrogen (secondary N) is 1. The molecule has 0 fully saturated rings. The van der Waals surface area contributed by atoms with E-state index in [2.05, 4.69) is 10.5 Å². The first-order valence-corrected chi connectivity index (χ1v) is 7.69. The van der Waals surface area contributed by atoms with Gasteiger partial charge in [-0.15, -0.1) is 0 Å². The number of nitro benzene ring substituents is 1. The summed E-state index contributed by atoms with van der Waals surface area (Å²) < 4.78 is 15.5. The smallest absolute Gasteiger partial charge is 0.282 e. The van der Waals surface area contributed by atoms with Crippen LogP contribution in [0.15, 0.2) is 41.5 Å². The standard InChI is InChI=1S/C16H12ClN3O6/c17-11-2-1-3-12(5-11)24-8-16(21)19-18-7-10-4-14-15(26-9-25-14)6-13(10)20(22)23/h1-7H,8-9H2,(H,19,21). The molecule has 2 aromatic carbocycles. The van der Waals surface area contributed by atoms with Gasteiger partial charge in [-0.05, 0) is 24.3 Å². The second-order valence-corrected chi connectivity index (χ2v) is 5.50. The molecule has 9 nitrogen and oxygen atoms in total. The second-order valence-electron chi connectivity index (χ2n) is 5.06. The first-order valence-electron chi connectivity index (χ1n) is 7.31. The molecular formula is C16H12ClN3O6. The fraction of sp³-hybridized carbons (Fsp3) is 0.125. The molecule has 0 aliphatic carbocycles. The summed E-state index contributed by atoms with van der Waals surface area (Å²) in [5, 5.41) is 15.3. The molecule has 0 atom stereocenters. The Balaban J connectivity index is 1.61. The molecule has 0 unspecified atom stereocenters. The zero-order valence-corrected chi connectivity index (χ0v) is 13.9. The molecule has 10 heteroatoms. The molecule has 1 aliphatic rings. The Labute approximate surface area is 152 Å². The summed E-state index contributed by atoms with van der Waals surface area (Å²) >= 11 is 5.81. The lowest BCUT2D eigenvalue weighted by Gasteiger charge is -2.05. The largest absolute Gasteiger partial charge is 0.484 e. The lowest BCUT2D eigenvalue weighted by atomic mass is 10.1. The maximum absolute atomic E-state index is 11.7. The van der Waals surface area contributed by atoms with Gasteiger partial charge in [-0.25, -0.2) is 5.43 Å². The number of fused-ring (bicyclic) bond motifs is 1. The summed E-state index contributed by atoms with van der Waals surface area (Å²) in [6.07, 6.45) is 1.15. The van der Waals surface area contributed by atoms with Gasteiger partial charge in [0.1, 0.15) is 5.75 Å². The van der Waals surface area contributed by atoms with Crippen LogP contribution in [0.25, 0.3) is 0 Å². The van der Waals surface area contributed by atoms with E-state index in [1.807, 2.05) is 0 Å². The SMILES string of the molecule is O=C(COc1cccc(Cl)c1)NN=Cc1cc2c(cc1[N+](=O)[O-])OCO2. The van der Waals surface area contributed by atoms with Crippen molar-refractivity contribution in [3.63, 3.8) is 0 Å². The Hall–Kier alpha value is -3.33. The van der Waals surface area contributed by atoms with Gasteiger partial charge in [0.15, 0.2) is 18.1 Å². The summed E-state index contributed by atoms with van der Waals surface area (Å²) in [7, 11) is 0. The first kappa shape index (κ1) is 17.5. The average Bonchev–Trinajstić information content (AvgIpc) is 3.06. The fourth-order valence-electron chi connectivity index (χ4n) is 2.12. The Morgan fingerprint density at radius 1 is 1.35 bits per heavy atom. The van der Waals surface area contributed by atoms with E-state index in [0.29, 0.717) is 16.5 Å². The van der Waals surface area contributed by atoms with E-state index in [9.17, 15) is 14.9 Å². The van der Waals surface area contributed by atoms with Gasteiger partial charge in [0.25, 0.3) is 11.6 Å². The molecular weight excluding hydrogens is 366 g/mol. The monoisotopic (exact) mass is 377 g/mol. The zero-order valence-electron chi connectivity index (χ0n) is 13.2. The number of hydrogen-bond acceptors (Lipinski definition) is 7. The molecule has 134 valence electrons. The van der Waals surface area contributed by atoms with Gasteiger partial charge in [-0.2, -0.15) is 5.10 Å². The number of nitro groups is 1. The third-order valence-electron chi connectivity index (χ3n) is 3.28. The van der Waals surface area contributed by atoms with Crippen molar-refractivity contribution in [1.29, 1.82) is 0 Å². The number of carbonyl (C=O) groups is 1. The lowest BCUT2D eigenvalue weighted by molar-refractivity contribution is -0.385. The number of rotatable bonds is 6. The van der Waals surface area contributed by atoms with E-state index in [1.165, 1.54) is 12.1 Å². The third-order valence-corrected chi connectivity index (χ3v) is 3.51. The second kappa shape index (κ2) is 7.70. The van der Waals surface area contributed by atoms with Gasteiger partial charge >= 0.3 is 0 Å². The molecule has 1 amide bonds. The van der Waals surface area contributed by atoms with Crippen LogP contribution >= 0.6 is 11.6 Å². The fourth-order valence-corrected chi connectivity index (χ4v) is 2.30. The predicted octanol–water partition coefficient (Wildman–Crippen LogP) is 2.51. The predicted molar refractivity (Wildman–Crippen MR) is 91.9 cm³/mol. The maximum Gasteiger partial charge on any atom is 0.282 e. The molecule has 0 saturated heterocycles. The van der Waals surface area contributed by atoms with Crippen LogP contribution in [0.4, 0.5) is 5.69 Å². The average molecular weight is 378 g/mol. The minimum absolute atomic E-state index is 0.00926. The van der Waals surface area contributed by atoms with Crippen LogP contribution in [0.3, 0.4) is 0 Å². The van der Waals surface area contributed by atoms with Crippen molar-refractivity contribution in [2.45, 2.75) is 0 Å². The molecule has 0 spiro atoms. The molecule has 2 aromatic rings. The Morgan fingerprint density at radius 2 is 2.12 bits per heavy atom. The maximum atomic E-state index is 11.7. The number of hydrazone groups is 1. The normalized spacial score (nSPS) is 12.2. The number of benzene rings is 2. The molecule has 26 heavy (non-hydrogen) atoms. The summed E-state index contributed by atoms with van der Waals surface area (Å²) in [6.45, 7) is -0.300. The number of nitrogens with zero attached hydrogens (tertiary/aromatic N) is 2. The number of carbonyl (C=O) groups excluding carboxylic acids is 1. The van der Waals surface area contributed by atoms with Crippen LogP contribution in [0.2, 0.25) is 5.02 Å². The first-order chi connectivity index (χ1) is 12.5. The van der Waals surface area contributed by atoms with Crippen LogP contribution in [-0.2, 0) is 4.79 Å². The topological polar surface area (TPSA) is 112 Å². The van der Waals surface area contributed by atoms with Gasteiger partial charge in [-0.3, -0.25) is 14.9 Å². The number of amides is 1. The molecule has 1 heterocycles. The van der Waals surface area contributed by atoms with E-state index in [1.54, 1.807) is 24.3 Å². The Morgan fingerprint density at radius 3 is 2.85 bits per heavy atom. The molecule has 0 saturated carbocycles. The van der Waals surface area contributed by atoms with Gasteiger partial charge in [0.05, 0.1) is 22.8 Å². The van der Waals surface area contributed by atoms with Crippen molar-refractivity contribution >= 4 is 29.4 Å². The van der Waals surface area contributed by atoms with Gasteiger partial charge < -0.3 is 14.2 Å². The van der Waals surface area contributed by atoms with Crippen molar-refractivity contribution in [1.82, 2.24) is 5.43 Å². The van der Waals surface area contributed by atoms with Gasteiger partial charge in [0.2, 0.25) is 6.79 Å². The summed E-state index contributed by atoms with van der Waals surface area (Å²) in [6, 6.07) is 9.24. The molecule has 1 N–H and O–H groups in total. The van der Waals surface area contributed by atoms with E-state index < -0.39 is 10.8 Å². The van der Waals surface area contributed by atoms with Crippen molar-refractivity contribution < 1.29 is 23.9 Å². The van der Waals surface area contributed by atoms with E-state index in [-0.39, 0.29) is 30.4 Å². The van der Waals surface area contributed by atoms with Crippen LogP contribution < -0.4 is 19.6 Å². The minimum atomic E-state index is -0.576. The van der Waals surface area contributed by atoms with Crippen molar-refractivity contribution in [2.24, 2.45) is 5.10 Å². The van der Waals surface area contributed by atoms with Gasteiger partial charge in [-0.1, -0.05) is 17.7 Å². The van der Waals surface area contributed by atoms with Crippen molar-refractivity contribution in [3.05, 3.63) is 57.1 Å². The highest BCUT2D eigenvalue weighted by Crippen LogP contribution is 2.37. The number of hydrogen-bond donors (Lipinski definition) is 1. The third kappa shape index (κ3) is 4.19. The lowest BCUT2D eigenvalue weighted by Crippen LogP contribution is -2.24. The molecule has 0 aromatic heterocycles. The molecule has 0 bridgehead atoms. The highest BCUT2D eigenvalue weighted by molar-refractivity contribution is 6.30. The Kier molecular flexibility index (Phi) is 5.18. The van der Waals surface area contributed by atoms with Gasteiger partial charge in [0, 0.05) is 5.02 Å². The number of halogens is 1. The molecule has 3 rings (SSSR count). The van der Waals surface area contributed by atoms with Crippen LogP contribution in [-0.4, -0.2) is 30.4 Å². The van der Waals surface area contributed by atoms with Crippen LogP contribution in [0.1, 0.15) is 5.56 Å². The number of ether oxygens (including phenoxy) is 3. The quantitative estimate of drug-likeness (QED) is 0.470. The molecule has 0 radical (unpaired) electrons. The van der Waals surface area contributed by atoms with Crippen molar-refractivity contribution in [2.75, 3.05) is 13.4 Å². The summed E-state index contributed by atoms with van der Waals surface area (Å²) in [4.78, 5) is 22.3. The summed E-state index contributed by atoms with van der Waals surface area (Å²) in [5.41, 5.74) is 2.17. The van der Waals surface area contributed by atoms with Crippen molar-refractivity contribution in [3.8, 4) is 17.2 Å².